The second-order valence-corrected chi connectivity index (χ2v) is 3.90. The van der Waals surface area contributed by atoms with Crippen molar-refractivity contribution in [1.29, 1.82) is 0 Å². The lowest BCUT2D eigenvalue weighted by Gasteiger charge is -2.33. The first-order chi connectivity index (χ1) is 7.02. The Morgan fingerprint density at radius 1 is 1.33 bits per heavy atom. The Kier molecular flexibility index (Phi) is 7.18. The molecule has 0 aromatic carbocycles. The monoisotopic (exact) mass is 242 g/mol. The van der Waals surface area contributed by atoms with Gasteiger partial charge in [-0.1, -0.05) is 0 Å². The Labute approximate surface area is 90.4 Å². The summed E-state index contributed by atoms with van der Waals surface area (Å²) in [6.07, 6.45) is 0.107. The zero-order valence-corrected chi connectivity index (χ0v) is 8.98. The van der Waals surface area contributed by atoms with E-state index in [1.165, 1.54) is 0 Å². The van der Waals surface area contributed by atoms with Crippen LogP contribution in [0.15, 0.2) is 0 Å². The molecular formula is C7H16NO6S-. The molecule has 0 aliphatic carbocycles. The number of hydrogen-bond acceptors (Lipinski definition) is 7. The van der Waals surface area contributed by atoms with E-state index in [1.807, 2.05) is 0 Å². The second kappa shape index (κ2) is 7.23. The Morgan fingerprint density at radius 2 is 1.80 bits per heavy atom. The highest BCUT2D eigenvalue weighted by atomic mass is 32.2. The molecule has 5 N–H and O–H groups in total. The third-order valence-electron chi connectivity index (χ3n) is 2.34. The van der Waals surface area contributed by atoms with Crippen molar-refractivity contribution in [3.63, 3.8) is 0 Å². The van der Waals surface area contributed by atoms with Gasteiger partial charge >= 0.3 is 0 Å². The van der Waals surface area contributed by atoms with Crippen molar-refractivity contribution in [2.45, 2.75) is 12.5 Å². The molecule has 0 bridgehead atoms. The van der Waals surface area contributed by atoms with Gasteiger partial charge in [-0.15, -0.1) is 0 Å². The van der Waals surface area contributed by atoms with Crippen LogP contribution >= 0.6 is 0 Å². The molecule has 0 aliphatic heterocycles. The molecule has 0 aromatic heterocycles. The molecule has 15 heavy (non-hydrogen) atoms. The van der Waals surface area contributed by atoms with E-state index >= 15 is 0 Å². The summed E-state index contributed by atoms with van der Waals surface area (Å²) in [5.74, 6) is 0. The van der Waals surface area contributed by atoms with E-state index < -0.39 is 42.6 Å². The van der Waals surface area contributed by atoms with E-state index in [1.54, 1.807) is 0 Å². The fourth-order valence-corrected chi connectivity index (χ4v) is 1.28. The third kappa shape index (κ3) is 4.51. The summed E-state index contributed by atoms with van der Waals surface area (Å²) < 4.78 is 24.3. The normalized spacial score (nSPS) is 16.3. The van der Waals surface area contributed by atoms with Crippen LogP contribution in [0, 0.1) is 5.41 Å². The Hall–Kier alpha value is -0.0900. The molecule has 8 heteroatoms. The molecule has 2 atom stereocenters. The highest BCUT2D eigenvalue weighted by Gasteiger charge is 2.34. The maximum atomic E-state index is 10.0. The van der Waals surface area contributed by atoms with Crippen molar-refractivity contribution in [3.8, 4) is 0 Å². The fourth-order valence-electron chi connectivity index (χ4n) is 1.05. The van der Waals surface area contributed by atoms with Crippen LogP contribution in [-0.2, 0) is 15.5 Å². The average molecular weight is 242 g/mol. The largest absolute Gasteiger partial charge is 0.750 e. The lowest BCUT2D eigenvalue weighted by atomic mass is 9.81. The zero-order valence-electron chi connectivity index (χ0n) is 8.16. The molecule has 2 unspecified atom stereocenters. The lowest BCUT2D eigenvalue weighted by molar-refractivity contribution is -0.0171. The molecule has 92 valence electrons. The van der Waals surface area contributed by atoms with Gasteiger partial charge in [-0.25, -0.2) is 4.21 Å². The number of aliphatic hydroxyl groups is 3. The van der Waals surface area contributed by atoms with E-state index in [2.05, 4.69) is 4.18 Å². The Balaban J connectivity index is 4.14. The van der Waals surface area contributed by atoms with Gasteiger partial charge in [-0.2, -0.15) is 0 Å². The van der Waals surface area contributed by atoms with Gasteiger partial charge in [0.1, 0.15) is 0 Å². The summed E-state index contributed by atoms with van der Waals surface area (Å²) in [5, 5.41) is 27.0. The maximum absolute atomic E-state index is 10.0. The lowest BCUT2D eigenvalue weighted by Crippen LogP contribution is -2.50. The minimum Gasteiger partial charge on any atom is -0.750 e. The molecule has 0 fully saturated rings. The summed E-state index contributed by atoms with van der Waals surface area (Å²) in [6.45, 7) is -1.61. The molecule has 0 radical (unpaired) electrons. The van der Waals surface area contributed by atoms with Crippen molar-refractivity contribution in [1.82, 2.24) is 0 Å². The molecule has 0 heterocycles. The zero-order chi connectivity index (χ0) is 11.9. The predicted molar refractivity (Wildman–Crippen MR) is 51.2 cm³/mol. The van der Waals surface area contributed by atoms with E-state index in [-0.39, 0.29) is 13.0 Å². The standard InChI is InChI=1S/C7H17NO6S/c8-6(1-2-14-15(12)13)7(3-9,4-10)5-11/h6,9-11H,1-5,8H2,(H,12,13)/p-1. The second-order valence-electron chi connectivity index (χ2n) is 3.26. The van der Waals surface area contributed by atoms with Gasteiger partial charge in [-0.05, 0) is 6.42 Å². The third-order valence-corrected chi connectivity index (χ3v) is 2.70. The van der Waals surface area contributed by atoms with Crippen LogP contribution in [0.4, 0.5) is 0 Å². The number of rotatable bonds is 8. The summed E-state index contributed by atoms with van der Waals surface area (Å²) >= 11 is -2.61. The minimum atomic E-state index is -2.61. The highest BCUT2D eigenvalue weighted by molar-refractivity contribution is 7.74. The van der Waals surface area contributed by atoms with Crippen molar-refractivity contribution in [3.05, 3.63) is 0 Å². The van der Waals surface area contributed by atoms with Crippen molar-refractivity contribution in [2.24, 2.45) is 11.1 Å². The van der Waals surface area contributed by atoms with Gasteiger partial charge in [-0.3, -0.25) is 0 Å². The van der Waals surface area contributed by atoms with Crippen LogP contribution in [0.1, 0.15) is 6.42 Å². The highest BCUT2D eigenvalue weighted by Crippen LogP contribution is 2.21. The first-order valence-electron chi connectivity index (χ1n) is 4.33. The van der Waals surface area contributed by atoms with Crippen LogP contribution in [0.2, 0.25) is 0 Å². The van der Waals surface area contributed by atoms with Crippen LogP contribution in [0.3, 0.4) is 0 Å². The molecule has 0 saturated carbocycles. The molecule has 0 aromatic rings. The van der Waals surface area contributed by atoms with Gasteiger partial charge in [0.25, 0.3) is 0 Å². The average Bonchev–Trinajstić information content (AvgIpc) is 2.21. The smallest absolute Gasteiger partial charge is 0.0842 e. The summed E-state index contributed by atoms with van der Waals surface area (Å²) in [5.41, 5.74) is 4.40. The molecule has 7 nitrogen and oxygen atoms in total. The molecule has 0 saturated heterocycles. The van der Waals surface area contributed by atoms with E-state index in [0.29, 0.717) is 0 Å². The summed E-state index contributed by atoms with van der Waals surface area (Å²) in [4.78, 5) is 0. The van der Waals surface area contributed by atoms with Gasteiger partial charge in [0.05, 0.1) is 43.2 Å². The number of aliphatic hydroxyl groups excluding tert-OH is 3. The van der Waals surface area contributed by atoms with Crippen molar-refractivity contribution in [2.75, 3.05) is 26.4 Å². The molecule has 0 rings (SSSR count). The topological polar surface area (TPSA) is 136 Å². The van der Waals surface area contributed by atoms with Gasteiger partial charge in [0.15, 0.2) is 0 Å². The van der Waals surface area contributed by atoms with Crippen LogP contribution in [0.25, 0.3) is 0 Å². The van der Waals surface area contributed by atoms with Crippen molar-refractivity contribution >= 4 is 11.4 Å². The first-order valence-corrected chi connectivity index (χ1v) is 5.33. The minimum absolute atomic E-state index is 0.107. The predicted octanol–water partition coefficient (Wildman–Crippen LogP) is -2.52. The quantitative estimate of drug-likeness (QED) is 0.345. The van der Waals surface area contributed by atoms with E-state index in [4.69, 9.17) is 21.1 Å². The Bertz CT molecular complexity index is 190. The summed E-state index contributed by atoms with van der Waals surface area (Å²) in [7, 11) is 0. The van der Waals surface area contributed by atoms with Crippen LogP contribution < -0.4 is 5.73 Å². The van der Waals surface area contributed by atoms with E-state index in [9.17, 15) is 8.76 Å². The number of hydrogen-bond donors (Lipinski definition) is 4. The summed E-state index contributed by atoms with van der Waals surface area (Å²) in [6, 6.07) is -0.749. The Morgan fingerprint density at radius 3 is 2.13 bits per heavy atom. The number of nitrogens with two attached hydrogens (primary N) is 1. The van der Waals surface area contributed by atoms with Gasteiger partial charge < -0.3 is 29.8 Å². The van der Waals surface area contributed by atoms with Gasteiger partial charge in [0.2, 0.25) is 0 Å². The SMILES string of the molecule is NC(CCOS(=O)[O-])C(CO)(CO)CO. The first kappa shape index (κ1) is 14.9. The maximum Gasteiger partial charge on any atom is 0.0842 e. The van der Waals surface area contributed by atoms with E-state index in [0.717, 1.165) is 0 Å². The van der Waals surface area contributed by atoms with Crippen LogP contribution in [-0.4, -0.2) is 56.6 Å². The van der Waals surface area contributed by atoms with Gasteiger partial charge in [0, 0.05) is 6.04 Å². The fraction of sp³-hybridized carbons (Fsp3) is 1.00. The molecule has 0 aliphatic rings. The molecule has 0 amide bonds. The molecule has 0 spiro atoms. The molecular weight excluding hydrogens is 226 g/mol. The van der Waals surface area contributed by atoms with Crippen LogP contribution in [0.5, 0.6) is 0 Å². The van der Waals surface area contributed by atoms with Crippen molar-refractivity contribution < 1.29 is 28.3 Å².